The Labute approximate surface area is 154 Å². The molecule has 0 saturated heterocycles. The van der Waals surface area contributed by atoms with Gasteiger partial charge in [0.1, 0.15) is 11.5 Å². The molecule has 0 fully saturated rings. The Balaban J connectivity index is 2.04. The average Bonchev–Trinajstić information content (AvgIpc) is 3.07. The Morgan fingerprint density at radius 3 is 2.35 bits per heavy atom. The van der Waals surface area contributed by atoms with Crippen molar-refractivity contribution in [1.29, 1.82) is 0 Å². The van der Waals surface area contributed by atoms with Crippen molar-refractivity contribution in [3.63, 3.8) is 0 Å². The molecular formula is C19H22N2O4S. The van der Waals surface area contributed by atoms with Crippen LogP contribution in [0.15, 0.2) is 47.6 Å². The van der Waals surface area contributed by atoms with Gasteiger partial charge >= 0.3 is 0 Å². The summed E-state index contributed by atoms with van der Waals surface area (Å²) in [5.41, 5.74) is 3.54. The van der Waals surface area contributed by atoms with E-state index in [9.17, 15) is 8.42 Å². The lowest BCUT2D eigenvalue weighted by Gasteiger charge is -2.23. The molecule has 0 aromatic heterocycles. The van der Waals surface area contributed by atoms with Gasteiger partial charge in [-0.3, -0.25) is 0 Å². The molecule has 1 aliphatic heterocycles. The minimum absolute atomic E-state index is 0.456. The average molecular weight is 374 g/mol. The molecule has 0 radical (unpaired) electrons. The maximum absolute atomic E-state index is 12.3. The molecule has 0 amide bonds. The van der Waals surface area contributed by atoms with E-state index < -0.39 is 16.1 Å². The largest absolute Gasteiger partial charge is 0.497 e. The lowest BCUT2D eigenvalue weighted by Crippen LogP contribution is -2.26. The smallest absolute Gasteiger partial charge is 0.247 e. The van der Waals surface area contributed by atoms with Crippen molar-refractivity contribution in [2.75, 3.05) is 20.5 Å². The zero-order valence-electron chi connectivity index (χ0n) is 15.3. The molecule has 0 spiro atoms. The van der Waals surface area contributed by atoms with E-state index in [0.29, 0.717) is 17.9 Å². The molecule has 0 aliphatic carbocycles. The number of hydrazone groups is 1. The predicted octanol–water partition coefficient (Wildman–Crippen LogP) is 3.12. The van der Waals surface area contributed by atoms with Crippen molar-refractivity contribution in [2.45, 2.75) is 19.4 Å². The quantitative estimate of drug-likeness (QED) is 0.806. The molecule has 0 bridgehead atoms. The molecular weight excluding hydrogens is 352 g/mol. The molecule has 1 unspecified atom stereocenters. The molecule has 7 heteroatoms. The first kappa shape index (κ1) is 18.3. The van der Waals surface area contributed by atoms with Crippen LogP contribution in [0.4, 0.5) is 0 Å². The highest BCUT2D eigenvalue weighted by atomic mass is 32.2. The van der Waals surface area contributed by atoms with Crippen molar-refractivity contribution < 1.29 is 17.9 Å². The van der Waals surface area contributed by atoms with Gasteiger partial charge in [-0.2, -0.15) is 9.52 Å². The maximum Gasteiger partial charge on any atom is 0.247 e. The van der Waals surface area contributed by atoms with Crippen molar-refractivity contribution in [1.82, 2.24) is 4.41 Å². The molecule has 6 nitrogen and oxygen atoms in total. The predicted molar refractivity (Wildman–Crippen MR) is 101 cm³/mol. The SMILES string of the molecule is COc1ccc(C2CC(c3ccc(C)cc3)=NN2S(C)(=O)=O)c(OC)c1. The zero-order valence-corrected chi connectivity index (χ0v) is 16.1. The summed E-state index contributed by atoms with van der Waals surface area (Å²) in [5.74, 6) is 1.22. The number of aryl methyl sites for hydroxylation is 1. The fourth-order valence-electron chi connectivity index (χ4n) is 3.04. The number of hydrogen-bond acceptors (Lipinski definition) is 5. The first-order valence-corrected chi connectivity index (χ1v) is 10.0. The molecule has 26 heavy (non-hydrogen) atoms. The molecule has 2 aromatic carbocycles. The monoisotopic (exact) mass is 374 g/mol. The maximum atomic E-state index is 12.3. The molecule has 1 atom stereocenters. The topological polar surface area (TPSA) is 68.2 Å². The number of nitrogens with zero attached hydrogens (tertiary/aromatic N) is 2. The molecule has 0 N–H and O–H groups in total. The fourth-order valence-corrected chi connectivity index (χ4v) is 3.94. The number of methoxy groups -OCH3 is 2. The van der Waals surface area contributed by atoms with E-state index in [1.165, 1.54) is 4.41 Å². The lowest BCUT2D eigenvalue weighted by atomic mass is 9.98. The zero-order chi connectivity index (χ0) is 18.9. The van der Waals surface area contributed by atoms with E-state index in [-0.39, 0.29) is 0 Å². The van der Waals surface area contributed by atoms with Gasteiger partial charge in [-0.25, -0.2) is 8.42 Å². The first-order chi connectivity index (χ1) is 12.3. The van der Waals surface area contributed by atoms with Gasteiger partial charge in [-0.1, -0.05) is 29.8 Å². The highest BCUT2D eigenvalue weighted by molar-refractivity contribution is 7.88. The highest BCUT2D eigenvalue weighted by Crippen LogP contribution is 2.40. The second-order valence-electron chi connectivity index (χ2n) is 6.28. The summed E-state index contributed by atoms with van der Waals surface area (Å²) in [4.78, 5) is 0. The number of hydrogen-bond donors (Lipinski definition) is 0. The van der Waals surface area contributed by atoms with E-state index in [2.05, 4.69) is 5.10 Å². The van der Waals surface area contributed by atoms with Gasteiger partial charge < -0.3 is 9.47 Å². The lowest BCUT2D eigenvalue weighted by molar-refractivity contribution is 0.348. The van der Waals surface area contributed by atoms with Crippen LogP contribution >= 0.6 is 0 Å². The molecule has 1 heterocycles. The number of benzene rings is 2. The van der Waals surface area contributed by atoms with Crippen LogP contribution in [0.25, 0.3) is 0 Å². The van der Waals surface area contributed by atoms with E-state index in [0.717, 1.165) is 28.7 Å². The van der Waals surface area contributed by atoms with Crippen molar-refractivity contribution in [3.8, 4) is 11.5 Å². The summed E-state index contributed by atoms with van der Waals surface area (Å²) in [7, 11) is -0.400. The number of sulfonamides is 1. The Morgan fingerprint density at radius 2 is 1.77 bits per heavy atom. The van der Waals surface area contributed by atoms with Gasteiger partial charge in [0.2, 0.25) is 10.0 Å². The van der Waals surface area contributed by atoms with Gasteiger partial charge in [0.25, 0.3) is 0 Å². The third-order valence-electron chi connectivity index (χ3n) is 4.40. The standard InChI is InChI=1S/C19H22N2O4S/c1-13-5-7-14(8-6-13)17-12-18(21(20-17)26(4,22)23)16-10-9-15(24-2)11-19(16)25-3/h5-11,18H,12H2,1-4H3. The minimum atomic E-state index is -3.53. The van der Waals surface area contributed by atoms with Crippen LogP contribution in [0.5, 0.6) is 11.5 Å². The molecule has 0 saturated carbocycles. The van der Waals surface area contributed by atoms with Crippen LogP contribution in [0.3, 0.4) is 0 Å². The van der Waals surface area contributed by atoms with Gasteiger partial charge in [-0.05, 0) is 24.6 Å². The van der Waals surface area contributed by atoms with Gasteiger partial charge in [0.05, 0.1) is 32.2 Å². The summed E-state index contributed by atoms with van der Waals surface area (Å²) in [6, 6.07) is 12.8. The number of ether oxygens (including phenoxy) is 2. The minimum Gasteiger partial charge on any atom is -0.497 e. The van der Waals surface area contributed by atoms with E-state index in [1.807, 2.05) is 37.3 Å². The summed E-state index contributed by atoms with van der Waals surface area (Å²) in [6.45, 7) is 2.01. The summed E-state index contributed by atoms with van der Waals surface area (Å²) < 4.78 is 36.5. The molecule has 2 aromatic rings. The van der Waals surface area contributed by atoms with Crippen LogP contribution < -0.4 is 9.47 Å². The van der Waals surface area contributed by atoms with Crippen LogP contribution in [-0.4, -0.2) is 39.0 Å². The molecule has 3 rings (SSSR count). The van der Waals surface area contributed by atoms with E-state index in [1.54, 1.807) is 26.4 Å². The normalized spacial score (nSPS) is 17.2. The van der Waals surface area contributed by atoms with Crippen LogP contribution in [0, 0.1) is 6.92 Å². The van der Waals surface area contributed by atoms with E-state index >= 15 is 0 Å². The second kappa shape index (κ2) is 6.99. The Bertz CT molecular complexity index is 937. The van der Waals surface area contributed by atoms with Gasteiger partial charge in [0, 0.05) is 18.1 Å². The second-order valence-corrected chi connectivity index (χ2v) is 8.12. The van der Waals surface area contributed by atoms with Crippen molar-refractivity contribution in [2.24, 2.45) is 5.10 Å². The first-order valence-electron chi connectivity index (χ1n) is 8.19. The molecule has 138 valence electrons. The Hall–Kier alpha value is -2.54. The van der Waals surface area contributed by atoms with Crippen LogP contribution in [0.2, 0.25) is 0 Å². The van der Waals surface area contributed by atoms with E-state index in [4.69, 9.17) is 9.47 Å². The fraction of sp³-hybridized carbons (Fsp3) is 0.316. The number of rotatable bonds is 5. The van der Waals surface area contributed by atoms with Crippen molar-refractivity contribution in [3.05, 3.63) is 59.2 Å². The molecule has 1 aliphatic rings. The van der Waals surface area contributed by atoms with Crippen LogP contribution in [-0.2, 0) is 10.0 Å². The van der Waals surface area contributed by atoms with Crippen LogP contribution in [0.1, 0.15) is 29.2 Å². The Kier molecular flexibility index (Phi) is 4.91. The van der Waals surface area contributed by atoms with Gasteiger partial charge in [-0.15, -0.1) is 0 Å². The third-order valence-corrected chi connectivity index (χ3v) is 5.41. The summed E-state index contributed by atoms with van der Waals surface area (Å²) in [6.07, 6.45) is 1.64. The van der Waals surface area contributed by atoms with Crippen molar-refractivity contribution >= 4 is 15.7 Å². The highest BCUT2D eigenvalue weighted by Gasteiger charge is 2.36. The third kappa shape index (κ3) is 3.53. The Morgan fingerprint density at radius 1 is 1.08 bits per heavy atom. The summed E-state index contributed by atoms with van der Waals surface area (Å²) >= 11 is 0. The van der Waals surface area contributed by atoms with Gasteiger partial charge in [0.15, 0.2) is 0 Å². The summed E-state index contributed by atoms with van der Waals surface area (Å²) in [5, 5.41) is 4.41.